The van der Waals surface area contributed by atoms with Gasteiger partial charge in [0.2, 0.25) is 5.91 Å². The molecule has 15 heavy (non-hydrogen) atoms. The van der Waals surface area contributed by atoms with Gasteiger partial charge in [0.25, 0.3) is 0 Å². The monoisotopic (exact) mass is 229 g/mol. The number of primary amides is 1. The molecule has 1 aliphatic heterocycles. The fraction of sp³-hybridized carbons (Fsp3) is 0.667. The minimum absolute atomic E-state index is 0.0937. The Bertz CT molecular complexity index is 320. The molecule has 1 aliphatic rings. The van der Waals surface area contributed by atoms with Crippen molar-refractivity contribution in [1.82, 2.24) is 5.01 Å². The number of rotatable bonds is 2. The van der Waals surface area contributed by atoms with Crippen molar-refractivity contribution in [3.8, 4) is 0 Å². The van der Waals surface area contributed by atoms with Gasteiger partial charge in [-0.05, 0) is 0 Å². The summed E-state index contributed by atoms with van der Waals surface area (Å²) in [7, 11) is 0. The number of amides is 2. The molecule has 0 atom stereocenters. The first-order valence-corrected chi connectivity index (χ1v) is 5.60. The highest BCUT2D eigenvalue weighted by atomic mass is 32.2. The molecular weight excluding hydrogens is 214 g/mol. The summed E-state index contributed by atoms with van der Waals surface area (Å²) >= 11 is 1.15. The average Bonchev–Trinajstić information content (AvgIpc) is 2.06. The summed E-state index contributed by atoms with van der Waals surface area (Å²) in [5, 5.41) is 5.07. The van der Waals surface area contributed by atoms with E-state index < -0.39 is 5.91 Å². The van der Waals surface area contributed by atoms with Crippen LogP contribution in [0.2, 0.25) is 0 Å². The largest absolute Gasteiger partial charge is 0.368 e. The van der Waals surface area contributed by atoms with Crippen molar-refractivity contribution >= 4 is 28.6 Å². The molecule has 5 nitrogen and oxygen atoms in total. The van der Waals surface area contributed by atoms with E-state index in [1.165, 1.54) is 0 Å². The summed E-state index contributed by atoms with van der Waals surface area (Å²) in [4.78, 5) is 22.1. The lowest BCUT2D eigenvalue weighted by molar-refractivity contribution is -0.118. The standard InChI is InChI=1S/C9H15N3O2S/c1-9(2,3)6-5-15-8(14)12(11-6)4-7(10)13/h4-5H2,1-3H3,(H2,10,13). The lowest BCUT2D eigenvalue weighted by Gasteiger charge is -2.28. The van der Waals surface area contributed by atoms with Gasteiger partial charge in [0.15, 0.2) is 0 Å². The molecule has 1 heterocycles. The van der Waals surface area contributed by atoms with Crippen molar-refractivity contribution in [1.29, 1.82) is 0 Å². The number of nitrogens with two attached hydrogens (primary N) is 1. The molecule has 2 amide bonds. The molecule has 0 aromatic heterocycles. The molecule has 0 saturated heterocycles. The predicted octanol–water partition coefficient (Wildman–Crippen LogP) is 1.04. The van der Waals surface area contributed by atoms with E-state index in [2.05, 4.69) is 5.10 Å². The fourth-order valence-corrected chi connectivity index (χ4v) is 2.04. The second-order valence-electron chi connectivity index (χ2n) is 4.38. The van der Waals surface area contributed by atoms with Gasteiger partial charge in [0, 0.05) is 11.2 Å². The molecule has 6 heteroatoms. The van der Waals surface area contributed by atoms with Crippen LogP contribution in [0.3, 0.4) is 0 Å². The predicted molar refractivity (Wildman–Crippen MR) is 60.6 cm³/mol. The van der Waals surface area contributed by atoms with E-state index >= 15 is 0 Å². The zero-order chi connectivity index (χ0) is 11.6. The van der Waals surface area contributed by atoms with Crippen LogP contribution < -0.4 is 5.73 Å². The Labute approximate surface area is 93.1 Å². The van der Waals surface area contributed by atoms with Crippen molar-refractivity contribution in [2.45, 2.75) is 20.8 Å². The van der Waals surface area contributed by atoms with Gasteiger partial charge in [-0.25, -0.2) is 5.01 Å². The van der Waals surface area contributed by atoms with E-state index in [0.29, 0.717) is 5.75 Å². The maximum absolute atomic E-state index is 11.4. The third-order valence-electron chi connectivity index (χ3n) is 1.96. The molecule has 0 bridgehead atoms. The number of nitrogens with zero attached hydrogens (tertiary/aromatic N) is 2. The second kappa shape index (κ2) is 4.22. The van der Waals surface area contributed by atoms with Crippen molar-refractivity contribution in [3.05, 3.63) is 0 Å². The normalized spacial score (nSPS) is 17.7. The Morgan fingerprint density at radius 2 is 2.20 bits per heavy atom. The quantitative estimate of drug-likeness (QED) is 0.768. The highest BCUT2D eigenvalue weighted by Gasteiger charge is 2.28. The highest BCUT2D eigenvalue weighted by Crippen LogP contribution is 2.25. The maximum atomic E-state index is 11.4. The number of carbonyl (C=O) groups is 2. The van der Waals surface area contributed by atoms with Crippen LogP contribution in [0, 0.1) is 5.41 Å². The van der Waals surface area contributed by atoms with Crippen LogP contribution in [0.4, 0.5) is 4.79 Å². The van der Waals surface area contributed by atoms with Crippen LogP contribution in [0.15, 0.2) is 5.10 Å². The molecule has 0 aromatic rings. The number of thioether (sulfide) groups is 1. The lowest BCUT2D eigenvalue weighted by Crippen LogP contribution is -2.39. The van der Waals surface area contributed by atoms with Crippen molar-refractivity contribution < 1.29 is 9.59 Å². The van der Waals surface area contributed by atoms with Crippen LogP contribution in [0.5, 0.6) is 0 Å². The van der Waals surface area contributed by atoms with Crippen molar-refractivity contribution in [3.63, 3.8) is 0 Å². The number of hydrazone groups is 1. The summed E-state index contributed by atoms with van der Waals surface area (Å²) in [5.74, 6) is 0.0280. The fourth-order valence-electron chi connectivity index (χ4n) is 1.03. The smallest absolute Gasteiger partial charge is 0.302 e. The Kier molecular flexibility index (Phi) is 3.38. The molecule has 84 valence electrons. The first kappa shape index (κ1) is 12.0. The zero-order valence-electron chi connectivity index (χ0n) is 9.11. The summed E-state index contributed by atoms with van der Waals surface area (Å²) < 4.78 is 0. The first-order chi connectivity index (χ1) is 6.80. The van der Waals surface area contributed by atoms with E-state index in [1.807, 2.05) is 20.8 Å². The third kappa shape index (κ3) is 3.23. The van der Waals surface area contributed by atoms with Crippen molar-refractivity contribution in [2.75, 3.05) is 12.3 Å². The highest BCUT2D eigenvalue weighted by molar-refractivity contribution is 8.14. The van der Waals surface area contributed by atoms with Gasteiger partial charge < -0.3 is 5.73 Å². The van der Waals surface area contributed by atoms with E-state index in [-0.39, 0.29) is 17.2 Å². The number of hydrogen-bond donors (Lipinski definition) is 1. The summed E-state index contributed by atoms with van der Waals surface area (Å²) in [6, 6.07) is 0. The van der Waals surface area contributed by atoms with Gasteiger partial charge in [-0.15, -0.1) is 0 Å². The molecule has 0 radical (unpaired) electrons. The second-order valence-corrected chi connectivity index (χ2v) is 5.30. The minimum atomic E-state index is -0.553. The lowest BCUT2D eigenvalue weighted by atomic mass is 9.91. The van der Waals surface area contributed by atoms with E-state index in [0.717, 1.165) is 22.5 Å². The van der Waals surface area contributed by atoms with E-state index in [9.17, 15) is 9.59 Å². The SMILES string of the molecule is CC(C)(C)C1=NN(CC(N)=O)C(=O)SC1. The van der Waals surface area contributed by atoms with Crippen LogP contribution in [-0.4, -0.2) is 34.2 Å². The van der Waals surface area contributed by atoms with E-state index in [1.54, 1.807) is 0 Å². The average molecular weight is 229 g/mol. The first-order valence-electron chi connectivity index (χ1n) is 4.61. The molecule has 0 unspecified atom stereocenters. The molecule has 0 saturated carbocycles. The van der Waals surface area contributed by atoms with Crippen LogP contribution >= 0.6 is 11.8 Å². The summed E-state index contributed by atoms with van der Waals surface area (Å²) in [6.07, 6.45) is 0. The van der Waals surface area contributed by atoms with Crippen LogP contribution in [0.1, 0.15) is 20.8 Å². The van der Waals surface area contributed by atoms with Crippen LogP contribution in [-0.2, 0) is 4.79 Å². The Hall–Kier alpha value is -1.04. The molecule has 0 fully saturated rings. The molecule has 0 spiro atoms. The van der Waals surface area contributed by atoms with Crippen LogP contribution in [0.25, 0.3) is 0 Å². The zero-order valence-corrected chi connectivity index (χ0v) is 9.93. The summed E-state index contributed by atoms with van der Waals surface area (Å²) in [6.45, 7) is 5.91. The van der Waals surface area contributed by atoms with Crippen molar-refractivity contribution in [2.24, 2.45) is 16.3 Å². The topological polar surface area (TPSA) is 75.8 Å². The molecule has 1 rings (SSSR count). The molecule has 0 aromatic carbocycles. The Morgan fingerprint density at radius 1 is 1.60 bits per heavy atom. The minimum Gasteiger partial charge on any atom is -0.368 e. The molecule has 2 N–H and O–H groups in total. The summed E-state index contributed by atoms with van der Waals surface area (Å²) in [5.41, 5.74) is 5.83. The molecular formula is C9H15N3O2S. The molecule has 0 aliphatic carbocycles. The maximum Gasteiger partial charge on any atom is 0.302 e. The third-order valence-corrected chi connectivity index (χ3v) is 2.83. The Morgan fingerprint density at radius 3 is 2.67 bits per heavy atom. The van der Waals surface area contributed by atoms with Gasteiger partial charge in [-0.3, -0.25) is 9.59 Å². The van der Waals surface area contributed by atoms with Gasteiger partial charge >= 0.3 is 5.24 Å². The number of hydrogen-bond acceptors (Lipinski definition) is 4. The van der Waals surface area contributed by atoms with Gasteiger partial charge in [-0.2, -0.15) is 5.10 Å². The number of carbonyl (C=O) groups excluding carboxylic acids is 2. The van der Waals surface area contributed by atoms with Gasteiger partial charge in [0.1, 0.15) is 6.54 Å². The van der Waals surface area contributed by atoms with Gasteiger partial charge in [-0.1, -0.05) is 32.5 Å². The Balaban J connectivity index is 2.85. The van der Waals surface area contributed by atoms with E-state index in [4.69, 9.17) is 5.73 Å². The van der Waals surface area contributed by atoms with Gasteiger partial charge in [0.05, 0.1) is 5.71 Å².